The Bertz CT molecular complexity index is 955. The molecule has 0 radical (unpaired) electrons. The number of furan rings is 1. The molecule has 0 unspecified atom stereocenters. The Morgan fingerprint density at radius 1 is 1.07 bits per heavy atom. The predicted octanol–water partition coefficient (Wildman–Crippen LogP) is 4.90. The second kappa shape index (κ2) is 8.88. The van der Waals surface area contributed by atoms with Crippen LogP contribution in [0.15, 0.2) is 28.9 Å². The van der Waals surface area contributed by atoms with Gasteiger partial charge >= 0.3 is 0 Å². The van der Waals surface area contributed by atoms with Gasteiger partial charge in [-0.05, 0) is 63.7 Å². The highest BCUT2D eigenvalue weighted by atomic mass is 35.5. The Morgan fingerprint density at radius 2 is 1.93 bits per heavy atom. The van der Waals surface area contributed by atoms with Crippen LogP contribution in [0.3, 0.4) is 0 Å². The molecule has 0 atom stereocenters. The van der Waals surface area contributed by atoms with Crippen LogP contribution in [0.2, 0.25) is 0 Å². The van der Waals surface area contributed by atoms with Crippen molar-refractivity contribution in [3.05, 3.63) is 47.2 Å². The first-order valence-electron chi connectivity index (χ1n) is 10.9. The predicted molar refractivity (Wildman–Crippen MR) is 118 cm³/mol. The minimum atomic E-state index is 0. The lowest BCUT2D eigenvalue weighted by atomic mass is 9.89. The quantitative estimate of drug-likeness (QED) is 0.609. The molecule has 5 nitrogen and oxygen atoms in total. The van der Waals surface area contributed by atoms with Crippen molar-refractivity contribution in [3.63, 3.8) is 0 Å². The van der Waals surface area contributed by atoms with Gasteiger partial charge in [-0.3, -0.25) is 0 Å². The molecule has 0 bridgehead atoms. The number of hydrogen-bond donors (Lipinski definition) is 0. The maximum Gasteiger partial charge on any atom is 0.134 e. The fourth-order valence-corrected chi connectivity index (χ4v) is 4.93. The summed E-state index contributed by atoms with van der Waals surface area (Å²) in [7, 11) is 0. The van der Waals surface area contributed by atoms with E-state index < -0.39 is 0 Å². The molecule has 3 aromatic rings. The van der Waals surface area contributed by atoms with E-state index in [-0.39, 0.29) is 12.4 Å². The third-order valence-electron chi connectivity index (χ3n) is 6.62. The molecular weight excluding hydrogens is 384 g/mol. The molecular formula is C23H31ClN4O. The molecule has 2 aromatic heterocycles. The normalized spacial score (nSPS) is 18.4. The van der Waals surface area contributed by atoms with Crippen molar-refractivity contribution in [2.75, 3.05) is 19.6 Å². The van der Waals surface area contributed by atoms with Crippen LogP contribution in [-0.2, 0) is 19.4 Å². The molecule has 6 heteroatoms. The van der Waals surface area contributed by atoms with Crippen molar-refractivity contribution in [1.82, 2.24) is 19.7 Å². The van der Waals surface area contributed by atoms with Gasteiger partial charge in [0, 0.05) is 36.9 Å². The SMILES string of the molecule is Cc1ccc2occ(C3CCN(CCc4nnc5n4CCCCC5)CC3)c2c1.Cl. The summed E-state index contributed by atoms with van der Waals surface area (Å²) in [5, 5.41) is 10.3. The molecule has 0 spiro atoms. The van der Waals surface area contributed by atoms with Crippen LogP contribution in [0, 0.1) is 6.92 Å². The van der Waals surface area contributed by atoms with Crippen LogP contribution < -0.4 is 0 Å². The van der Waals surface area contributed by atoms with Crippen LogP contribution in [0.1, 0.15) is 60.8 Å². The lowest BCUT2D eigenvalue weighted by Crippen LogP contribution is -2.34. The highest BCUT2D eigenvalue weighted by molar-refractivity contribution is 5.85. The molecule has 0 aliphatic carbocycles. The molecule has 1 saturated heterocycles. The van der Waals surface area contributed by atoms with E-state index in [0.29, 0.717) is 5.92 Å². The topological polar surface area (TPSA) is 47.1 Å². The molecule has 0 N–H and O–H groups in total. The van der Waals surface area contributed by atoms with Crippen LogP contribution >= 0.6 is 12.4 Å². The zero-order valence-corrected chi connectivity index (χ0v) is 18.1. The first-order chi connectivity index (χ1) is 13.8. The molecule has 156 valence electrons. The molecule has 1 fully saturated rings. The fourth-order valence-electron chi connectivity index (χ4n) is 4.93. The first kappa shape index (κ1) is 20.4. The Morgan fingerprint density at radius 3 is 2.79 bits per heavy atom. The van der Waals surface area contributed by atoms with Gasteiger partial charge in [0.15, 0.2) is 0 Å². The summed E-state index contributed by atoms with van der Waals surface area (Å²) in [5.74, 6) is 3.01. The minimum absolute atomic E-state index is 0. The summed E-state index contributed by atoms with van der Waals surface area (Å²) in [4.78, 5) is 2.60. The average molecular weight is 415 g/mol. The van der Waals surface area contributed by atoms with Crippen molar-refractivity contribution >= 4 is 23.4 Å². The van der Waals surface area contributed by atoms with Crippen LogP contribution in [0.5, 0.6) is 0 Å². The number of aromatic nitrogens is 3. The second-order valence-corrected chi connectivity index (χ2v) is 8.55. The van der Waals surface area contributed by atoms with E-state index >= 15 is 0 Å². The number of hydrogen-bond acceptors (Lipinski definition) is 4. The van der Waals surface area contributed by atoms with Gasteiger partial charge in [-0.25, -0.2) is 0 Å². The number of nitrogens with zero attached hydrogens (tertiary/aromatic N) is 4. The third-order valence-corrected chi connectivity index (χ3v) is 6.62. The van der Waals surface area contributed by atoms with Gasteiger partial charge in [-0.15, -0.1) is 22.6 Å². The Balaban J connectivity index is 0.00000205. The smallest absolute Gasteiger partial charge is 0.134 e. The zero-order chi connectivity index (χ0) is 18.9. The largest absolute Gasteiger partial charge is 0.464 e. The van der Waals surface area contributed by atoms with E-state index in [1.54, 1.807) is 0 Å². The number of likely N-dealkylation sites (tertiary alicyclic amines) is 1. The highest BCUT2D eigenvalue weighted by Crippen LogP contribution is 2.34. The summed E-state index contributed by atoms with van der Waals surface area (Å²) in [6.07, 6.45) is 10.4. The van der Waals surface area contributed by atoms with E-state index in [0.717, 1.165) is 44.6 Å². The fraction of sp³-hybridized carbons (Fsp3) is 0.565. The standard InChI is InChI=1S/C23H30N4O.ClH/c1-17-6-7-21-19(15-17)20(16-28-21)18-8-12-26(13-9-18)14-10-23-25-24-22-5-3-2-4-11-27(22)23;/h6-7,15-16,18H,2-5,8-14H2,1H3;1H. The van der Waals surface area contributed by atoms with E-state index in [2.05, 4.69) is 44.8 Å². The van der Waals surface area contributed by atoms with Gasteiger partial charge in [0.1, 0.15) is 17.2 Å². The molecule has 0 saturated carbocycles. The monoisotopic (exact) mass is 414 g/mol. The number of aryl methyl sites for hydroxylation is 2. The van der Waals surface area contributed by atoms with Crippen LogP contribution in [0.25, 0.3) is 11.0 Å². The van der Waals surface area contributed by atoms with Gasteiger partial charge in [-0.1, -0.05) is 18.1 Å². The molecule has 5 rings (SSSR count). The Hall–Kier alpha value is -1.85. The number of piperidine rings is 1. The lowest BCUT2D eigenvalue weighted by molar-refractivity contribution is 0.213. The number of rotatable bonds is 4. The van der Waals surface area contributed by atoms with Gasteiger partial charge < -0.3 is 13.9 Å². The van der Waals surface area contributed by atoms with E-state index in [4.69, 9.17) is 4.42 Å². The Labute approximate surface area is 178 Å². The molecule has 1 aromatic carbocycles. The summed E-state index contributed by atoms with van der Waals surface area (Å²) in [6.45, 7) is 6.67. The van der Waals surface area contributed by atoms with E-state index in [1.165, 1.54) is 60.3 Å². The van der Waals surface area contributed by atoms with Crippen LogP contribution in [-0.4, -0.2) is 39.3 Å². The van der Waals surface area contributed by atoms with Crippen molar-refractivity contribution in [2.24, 2.45) is 0 Å². The average Bonchev–Trinajstić information content (AvgIpc) is 3.22. The van der Waals surface area contributed by atoms with Gasteiger partial charge in [0.2, 0.25) is 0 Å². The molecule has 2 aliphatic heterocycles. The third kappa shape index (κ3) is 4.22. The highest BCUT2D eigenvalue weighted by Gasteiger charge is 2.24. The maximum absolute atomic E-state index is 5.81. The van der Waals surface area contributed by atoms with Crippen molar-refractivity contribution in [3.8, 4) is 0 Å². The zero-order valence-electron chi connectivity index (χ0n) is 17.3. The second-order valence-electron chi connectivity index (χ2n) is 8.55. The van der Waals surface area contributed by atoms with Gasteiger partial charge in [0.05, 0.1) is 6.26 Å². The molecule has 2 aliphatic rings. The lowest BCUT2D eigenvalue weighted by Gasteiger charge is -2.31. The maximum atomic E-state index is 5.81. The number of fused-ring (bicyclic) bond motifs is 2. The van der Waals surface area contributed by atoms with Crippen LogP contribution in [0.4, 0.5) is 0 Å². The summed E-state index contributed by atoms with van der Waals surface area (Å²) in [5.41, 5.74) is 3.73. The molecule has 29 heavy (non-hydrogen) atoms. The summed E-state index contributed by atoms with van der Waals surface area (Å²) < 4.78 is 8.20. The van der Waals surface area contributed by atoms with Gasteiger partial charge in [0.25, 0.3) is 0 Å². The van der Waals surface area contributed by atoms with Crippen molar-refractivity contribution in [2.45, 2.75) is 64.3 Å². The van der Waals surface area contributed by atoms with E-state index in [9.17, 15) is 0 Å². The summed E-state index contributed by atoms with van der Waals surface area (Å²) >= 11 is 0. The molecule has 4 heterocycles. The van der Waals surface area contributed by atoms with E-state index in [1.807, 2.05) is 6.26 Å². The van der Waals surface area contributed by atoms with Gasteiger partial charge in [-0.2, -0.15) is 0 Å². The van der Waals surface area contributed by atoms with Crippen molar-refractivity contribution in [1.29, 1.82) is 0 Å². The summed E-state index contributed by atoms with van der Waals surface area (Å²) in [6, 6.07) is 6.51. The first-order valence-corrected chi connectivity index (χ1v) is 10.9. The van der Waals surface area contributed by atoms with Crippen molar-refractivity contribution < 1.29 is 4.42 Å². The number of halogens is 1. The minimum Gasteiger partial charge on any atom is -0.464 e. The number of benzene rings is 1. The molecule has 0 amide bonds. The Kier molecular flexibility index (Phi) is 6.26.